The molecule has 0 N–H and O–H groups in total. The smallest absolute Gasteiger partial charge is 0.233 e. The van der Waals surface area contributed by atoms with Crippen molar-refractivity contribution in [3.8, 4) is 11.1 Å². The molecule has 2 saturated heterocycles. The highest BCUT2D eigenvalue weighted by atomic mass is 16.2. The molecule has 0 spiro atoms. The average Bonchev–Trinajstić information content (AvgIpc) is 1.58. The van der Waals surface area contributed by atoms with Gasteiger partial charge in [0.05, 0.1) is 58.9 Å². The lowest BCUT2D eigenvalue weighted by atomic mass is 9.79. The summed E-state index contributed by atoms with van der Waals surface area (Å²) in [6.45, 7) is 5.43. The van der Waals surface area contributed by atoms with Gasteiger partial charge in [-0.15, -0.1) is 0 Å². The van der Waals surface area contributed by atoms with E-state index in [4.69, 9.17) is 0 Å². The van der Waals surface area contributed by atoms with E-state index in [-0.39, 0.29) is 71.0 Å². The Morgan fingerprint density at radius 3 is 0.978 bits per heavy atom. The van der Waals surface area contributed by atoms with Crippen LogP contribution in [0.25, 0.3) is 11.1 Å². The first-order chi connectivity index (χ1) is 45.3. The molecule has 4 aromatic rings. The van der Waals surface area contributed by atoms with Crippen molar-refractivity contribution in [1.29, 1.82) is 0 Å². The van der Waals surface area contributed by atoms with Crippen molar-refractivity contribution >= 4 is 47.4 Å². The van der Waals surface area contributed by atoms with E-state index in [1.807, 2.05) is 85.2 Å². The summed E-state index contributed by atoms with van der Waals surface area (Å²) in [5.41, 5.74) is 10.0. The number of benzene rings is 2. The van der Waals surface area contributed by atoms with Crippen LogP contribution in [0.1, 0.15) is 268 Å². The monoisotopic (exact) mass is 1240 g/mol. The van der Waals surface area contributed by atoms with Crippen molar-refractivity contribution in [1.82, 2.24) is 19.8 Å². The molecule has 4 amide bonds. The summed E-state index contributed by atoms with van der Waals surface area (Å²) < 4.78 is 0. The number of nitrogens with zero attached hydrogens (tertiary/aromatic N) is 6. The van der Waals surface area contributed by atoms with E-state index in [1.54, 1.807) is 22.2 Å². The Morgan fingerprint density at radius 2 is 0.674 bits per heavy atom. The molecule has 4 heterocycles. The van der Waals surface area contributed by atoms with Crippen LogP contribution >= 0.6 is 0 Å². The number of pyridine rings is 2. The second-order valence-electron chi connectivity index (χ2n) is 28.7. The summed E-state index contributed by atoms with van der Waals surface area (Å²) in [5, 5.41) is 0. The van der Waals surface area contributed by atoms with E-state index < -0.39 is 0 Å². The number of carbonyl (C=O) groups is 4. The van der Waals surface area contributed by atoms with Crippen LogP contribution < -0.4 is 0 Å². The van der Waals surface area contributed by atoms with Gasteiger partial charge in [0.15, 0.2) is 0 Å². The first kappa shape index (κ1) is 68.7. The number of aromatic nitrogens is 2. The van der Waals surface area contributed by atoms with Gasteiger partial charge in [-0.3, -0.25) is 48.9 Å². The van der Waals surface area contributed by atoms with E-state index in [0.717, 1.165) is 70.7 Å². The molecule has 2 aromatic heterocycles. The summed E-state index contributed by atoms with van der Waals surface area (Å²) in [4.78, 5) is 76.8. The van der Waals surface area contributed by atoms with E-state index in [9.17, 15) is 19.2 Å². The van der Waals surface area contributed by atoms with Gasteiger partial charge >= 0.3 is 0 Å². The Kier molecular flexibility index (Phi) is 27.2. The van der Waals surface area contributed by atoms with E-state index in [2.05, 4.69) is 46.0 Å². The molecule has 8 unspecified atom stereocenters. The van der Waals surface area contributed by atoms with Crippen LogP contribution in [-0.2, 0) is 32.0 Å². The number of rotatable bonds is 45. The summed E-state index contributed by atoms with van der Waals surface area (Å²) in [6.07, 6.45) is 61.2. The zero-order valence-corrected chi connectivity index (χ0v) is 56.6. The third kappa shape index (κ3) is 19.0. The van der Waals surface area contributed by atoms with Crippen molar-refractivity contribution in [3.63, 3.8) is 0 Å². The van der Waals surface area contributed by atoms with Gasteiger partial charge in [-0.25, -0.2) is 0 Å². The van der Waals surface area contributed by atoms with Crippen molar-refractivity contribution in [2.24, 2.45) is 57.3 Å². The standard InChI is InChI=1S/C82H112N6O4/c1-3-5-7-9-11-13-15-17-19-21-23-25-27-29-31-33-35-63-53-67-55-73(63)77-75(67)79(89)87(81(77)91)51-49-61-37-43-69(44-38-61)85-59-71-47-41-65(57-83-71)66-42-48-72(84-58-66)60-86-70-45-39-62(40-46-70)50-52-88-80(90)76-68-54-64(74(56-68)78(76)82(88)92)36-34-32-30-28-26-24-22-20-18-16-14-12-10-8-6-4-2/h37-48,53-54,57-60,67-68,73-78H,3-36,49-52,55-56H2,1-2H3. The topological polar surface area (TPSA) is 125 Å². The molecule has 8 atom stereocenters. The molecule has 4 bridgehead atoms. The van der Waals surface area contributed by atoms with Gasteiger partial charge in [0.2, 0.25) is 23.6 Å². The molecule has 4 fully saturated rings. The number of unbranched alkanes of at least 4 members (excludes halogenated alkanes) is 30. The van der Waals surface area contributed by atoms with Crippen LogP contribution in [0.3, 0.4) is 0 Å². The molecule has 2 saturated carbocycles. The molecule has 2 aromatic carbocycles. The van der Waals surface area contributed by atoms with Crippen LogP contribution in [0.2, 0.25) is 0 Å². The van der Waals surface area contributed by atoms with Crippen molar-refractivity contribution in [2.75, 3.05) is 13.1 Å². The number of aliphatic imine (C=N–C) groups is 2. The third-order valence-corrected chi connectivity index (χ3v) is 22.0. The minimum atomic E-state index is -0.157. The summed E-state index contributed by atoms with van der Waals surface area (Å²) >= 11 is 0. The van der Waals surface area contributed by atoms with Crippen LogP contribution in [0, 0.1) is 47.3 Å². The summed E-state index contributed by atoms with van der Waals surface area (Å²) in [7, 11) is 0. The maximum Gasteiger partial charge on any atom is 0.233 e. The number of imide groups is 2. The van der Waals surface area contributed by atoms with E-state index in [1.165, 1.54) is 217 Å². The van der Waals surface area contributed by atoms with Crippen LogP contribution in [0.5, 0.6) is 0 Å². The summed E-state index contributed by atoms with van der Waals surface area (Å²) in [6, 6.07) is 24.0. The quantitative estimate of drug-likeness (QED) is 0.0188. The highest BCUT2D eigenvalue weighted by Crippen LogP contribution is 2.58. The van der Waals surface area contributed by atoms with Crippen LogP contribution in [0.15, 0.2) is 118 Å². The van der Waals surface area contributed by atoms with Gasteiger partial charge < -0.3 is 0 Å². The number of hydrogen-bond donors (Lipinski definition) is 0. The van der Waals surface area contributed by atoms with Crippen LogP contribution in [0.4, 0.5) is 11.4 Å². The fourth-order valence-electron chi connectivity index (χ4n) is 16.7. The van der Waals surface area contributed by atoms with Crippen LogP contribution in [-0.4, -0.2) is 68.9 Å². The number of amides is 4. The molecule has 4 aliphatic carbocycles. The van der Waals surface area contributed by atoms with Gasteiger partial charge in [-0.1, -0.05) is 266 Å². The number of allylic oxidation sites excluding steroid dienone is 4. The first-order valence-electron chi connectivity index (χ1n) is 37.6. The number of fused-ring (bicyclic) bond motifs is 10. The van der Waals surface area contributed by atoms with Gasteiger partial charge in [0, 0.05) is 36.6 Å². The number of carbonyl (C=O) groups excluding carboxylic acids is 4. The predicted molar refractivity (Wildman–Crippen MR) is 377 cm³/mol. The highest BCUT2D eigenvalue weighted by molar-refractivity contribution is 6.07. The summed E-state index contributed by atoms with van der Waals surface area (Å²) in [5.74, 6) is 0.555. The molecule has 6 aliphatic rings. The van der Waals surface area contributed by atoms with Crippen molar-refractivity contribution in [2.45, 2.75) is 258 Å². The van der Waals surface area contributed by atoms with Gasteiger partial charge in [0.1, 0.15) is 0 Å². The van der Waals surface area contributed by atoms with Crippen molar-refractivity contribution in [3.05, 3.63) is 131 Å². The fourth-order valence-corrected chi connectivity index (χ4v) is 16.7. The maximum absolute atomic E-state index is 13.8. The number of likely N-dealkylation sites (tertiary alicyclic amines) is 2. The largest absolute Gasteiger partial charge is 0.282 e. The average molecular weight is 1250 g/mol. The molecule has 2 aliphatic heterocycles. The molecule has 92 heavy (non-hydrogen) atoms. The molecular weight excluding hydrogens is 1130 g/mol. The minimum Gasteiger partial charge on any atom is -0.282 e. The Balaban J connectivity index is 0.572. The maximum atomic E-state index is 13.8. The molecule has 10 nitrogen and oxygen atoms in total. The van der Waals surface area contributed by atoms with E-state index in [0.29, 0.717) is 25.9 Å². The first-order valence-corrected chi connectivity index (χ1v) is 37.6. The lowest BCUT2D eigenvalue weighted by molar-refractivity contribution is -0.142. The second-order valence-corrected chi connectivity index (χ2v) is 28.7. The highest BCUT2D eigenvalue weighted by Gasteiger charge is 2.62. The third-order valence-electron chi connectivity index (χ3n) is 22.0. The molecule has 494 valence electrons. The lowest BCUT2D eigenvalue weighted by Crippen LogP contribution is -2.34. The Morgan fingerprint density at radius 1 is 0.370 bits per heavy atom. The molecule has 0 radical (unpaired) electrons. The Bertz CT molecular complexity index is 2860. The zero-order valence-electron chi connectivity index (χ0n) is 56.6. The molecule has 10 rings (SSSR count). The van der Waals surface area contributed by atoms with E-state index >= 15 is 0 Å². The molecular formula is C82H112N6O4. The minimum absolute atomic E-state index is 0.0434. The number of hydrogen-bond acceptors (Lipinski definition) is 8. The Hall–Kier alpha value is -6.16. The molecule has 10 heteroatoms. The zero-order chi connectivity index (χ0) is 63.7. The van der Waals surface area contributed by atoms with Crippen molar-refractivity contribution < 1.29 is 19.2 Å². The fraction of sp³-hybridized carbons (Fsp3) is 0.610. The predicted octanol–water partition coefficient (Wildman–Crippen LogP) is 20.4. The van der Waals surface area contributed by atoms with Gasteiger partial charge in [0.25, 0.3) is 0 Å². The lowest BCUT2D eigenvalue weighted by Gasteiger charge is -2.22. The second kappa shape index (κ2) is 36.5. The SMILES string of the molecule is CCCCCCCCCCCCCCCCCCC1=CC2CC1C1C(=O)N(CCc3ccc(N=Cc4ccc(-c5ccc(C=Nc6ccc(CCN7C(=O)C8C9C=C(CCCCCCCCCCCCCCCCCC)C(C9)C8C7=O)cc6)nc5)cn4)cc3)C(=O)C21. The Labute approximate surface area is 553 Å². The van der Waals surface area contributed by atoms with Gasteiger partial charge in [-0.2, -0.15) is 0 Å². The van der Waals surface area contributed by atoms with Gasteiger partial charge in [-0.05, 0) is 123 Å². The normalized spacial score (nSPS) is 22.2.